The van der Waals surface area contributed by atoms with Crippen molar-refractivity contribution in [3.63, 3.8) is 0 Å². The molecule has 0 saturated heterocycles. The van der Waals surface area contributed by atoms with Gasteiger partial charge >= 0.3 is 0 Å². The molecule has 41 heavy (non-hydrogen) atoms. The molecule has 8 heteroatoms. The number of hydrogen-bond acceptors (Lipinski definition) is 7. The molecule has 0 aliphatic heterocycles. The number of fused-ring (bicyclic) bond motifs is 1. The maximum absolute atomic E-state index is 13.0. The van der Waals surface area contributed by atoms with Crippen molar-refractivity contribution >= 4 is 34.3 Å². The van der Waals surface area contributed by atoms with E-state index in [-0.39, 0.29) is 12.3 Å². The van der Waals surface area contributed by atoms with E-state index in [0.717, 1.165) is 39.1 Å². The summed E-state index contributed by atoms with van der Waals surface area (Å²) in [7, 11) is 3.16. The van der Waals surface area contributed by atoms with Gasteiger partial charge in [0.1, 0.15) is 11.1 Å². The molecule has 204 valence electrons. The van der Waals surface area contributed by atoms with E-state index in [2.05, 4.69) is 16.4 Å². The van der Waals surface area contributed by atoms with Crippen LogP contribution in [0.25, 0.3) is 33.3 Å². The van der Waals surface area contributed by atoms with Crippen LogP contribution in [0.3, 0.4) is 0 Å². The standard InChI is InChI=1S/C33H28N4O3S/c1-21-18-29(24-12-7-8-14-27(24)35-21)36-31(38)16-17-41-33-26(20-34)25(19-28(37-33)22-10-5-4-6-11-22)23-13-9-15-30(39-2)32(23)40-3/h4-15,18-19H,16-17H2,1-3H3,(H,35,36,38). The largest absolute Gasteiger partial charge is 0.493 e. The Hall–Kier alpha value is -4.87. The van der Waals surface area contributed by atoms with Gasteiger partial charge in [-0.25, -0.2) is 4.98 Å². The topological polar surface area (TPSA) is 97.1 Å². The van der Waals surface area contributed by atoms with Crippen molar-refractivity contribution in [2.75, 3.05) is 25.3 Å². The van der Waals surface area contributed by atoms with Gasteiger partial charge in [0.15, 0.2) is 11.5 Å². The van der Waals surface area contributed by atoms with Crippen LogP contribution in [-0.4, -0.2) is 35.8 Å². The molecule has 1 N–H and O–H groups in total. The van der Waals surface area contributed by atoms with E-state index in [1.54, 1.807) is 14.2 Å². The lowest BCUT2D eigenvalue weighted by atomic mass is 9.98. The molecule has 0 atom stereocenters. The minimum absolute atomic E-state index is 0.124. The van der Waals surface area contributed by atoms with Crippen molar-refractivity contribution in [3.05, 3.63) is 96.2 Å². The van der Waals surface area contributed by atoms with E-state index in [0.29, 0.717) is 33.4 Å². The Bertz CT molecular complexity index is 1770. The number of pyridine rings is 2. The molecule has 5 aromatic rings. The van der Waals surface area contributed by atoms with E-state index in [9.17, 15) is 10.1 Å². The minimum Gasteiger partial charge on any atom is -0.493 e. The van der Waals surface area contributed by atoms with E-state index in [1.807, 2.05) is 91.9 Å². The molecule has 2 aromatic heterocycles. The smallest absolute Gasteiger partial charge is 0.225 e. The van der Waals surface area contributed by atoms with Gasteiger partial charge in [-0.3, -0.25) is 9.78 Å². The van der Waals surface area contributed by atoms with Crippen LogP contribution in [0, 0.1) is 18.3 Å². The number of thioether (sulfide) groups is 1. The highest BCUT2D eigenvalue weighted by atomic mass is 32.2. The fourth-order valence-electron chi connectivity index (χ4n) is 4.67. The molecule has 7 nitrogen and oxygen atoms in total. The first-order valence-electron chi connectivity index (χ1n) is 13.0. The molecule has 0 bridgehead atoms. The third-order valence-corrected chi connectivity index (χ3v) is 7.52. The van der Waals surface area contributed by atoms with Crippen LogP contribution in [0.5, 0.6) is 11.5 Å². The first kappa shape index (κ1) is 27.7. The average molecular weight is 561 g/mol. The van der Waals surface area contributed by atoms with Gasteiger partial charge < -0.3 is 14.8 Å². The van der Waals surface area contributed by atoms with Crippen molar-refractivity contribution in [1.82, 2.24) is 9.97 Å². The SMILES string of the molecule is COc1cccc(-c2cc(-c3ccccc3)nc(SCCC(=O)Nc3cc(C)nc4ccccc34)c2C#N)c1OC. The molecule has 2 heterocycles. The number of benzene rings is 3. The maximum atomic E-state index is 13.0. The second-order valence-electron chi connectivity index (χ2n) is 9.23. The van der Waals surface area contributed by atoms with Gasteiger partial charge in [-0.15, -0.1) is 11.8 Å². The van der Waals surface area contributed by atoms with Crippen molar-refractivity contribution < 1.29 is 14.3 Å². The normalized spacial score (nSPS) is 10.7. The van der Waals surface area contributed by atoms with E-state index < -0.39 is 0 Å². The molecule has 0 aliphatic carbocycles. The van der Waals surface area contributed by atoms with Gasteiger partial charge in [0.25, 0.3) is 0 Å². The lowest BCUT2D eigenvalue weighted by Gasteiger charge is -2.16. The summed E-state index contributed by atoms with van der Waals surface area (Å²) in [5.74, 6) is 1.41. The second kappa shape index (κ2) is 12.5. The minimum atomic E-state index is -0.124. The Morgan fingerprint density at radius 2 is 1.71 bits per heavy atom. The van der Waals surface area contributed by atoms with Crippen LogP contribution >= 0.6 is 11.8 Å². The zero-order chi connectivity index (χ0) is 28.8. The summed E-state index contributed by atoms with van der Waals surface area (Å²) in [5.41, 5.74) is 5.85. The first-order chi connectivity index (χ1) is 20.0. The van der Waals surface area contributed by atoms with Gasteiger partial charge in [0, 0.05) is 39.9 Å². The predicted octanol–water partition coefficient (Wildman–Crippen LogP) is 7.28. The number of aryl methyl sites for hydroxylation is 1. The molecule has 0 saturated carbocycles. The summed E-state index contributed by atoms with van der Waals surface area (Å²) in [5, 5.41) is 14.8. The quantitative estimate of drug-likeness (QED) is 0.189. The summed E-state index contributed by atoms with van der Waals surface area (Å²) in [6.07, 6.45) is 0.236. The summed E-state index contributed by atoms with van der Waals surface area (Å²) >= 11 is 1.38. The molecule has 0 radical (unpaired) electrons. The summed E-state index contributed by atoms with van der Waals surface area (Å²) < 4.78 is 11.2. The van der Waals surface area contributed by atoms with Crippen LogP contribution in [0.1, 0.15) is 17.7 Å². The number of aromatic nitrogens is 2. The summed E-state index contributed by atoms with van der Waals surface area (Å²) in [6, 6.07) is 29.2. The van der Waals surface area contributed by atoms with Gasteiger partial charge in [-0.1, -0.05) is 60.7 Å². The van der Waals surface area contributed by atoms with Crippen molar-refractivity contribution in [1.29, 1.82) is 5.26 Å². The number of rotatable bonds is 9. The zero-order valence-electron chi connectivity index (χ0n) is 23.0. The number of methoxy groups -OCH3 is 2. The highest BCUT2D eigenvalue weighted by molar-refractivity contribution is 7.99. The van der Waals surface area contributed by atoms with E-state index >= 15 is 0 Å². The molecule has 0 fully saturated rings. The van der Waals surface area contributed by atoms with Crippen molar-refractivity contribution in [3.8, 4) is 40.0 Å². The molecule has 5 rings (SSSR count). The Morgan fingerprint density at radius 1 is 0.927 bits per heavy atom. The molecule has 0 spiro atoms. The number of para-hydroxylation sites is 2. The number of hydrogen-bond donors (Lipinski definition) is 1. The van der Waals surface area contributed by atoms with Crippen LogP contribution in [0.4, 0.5) is 5.69 Å². The number of nitriles is 1. The van der Waals surface area contributed by atoms with Crippen molar-refractivity contribution in [2.24, 2.45) is 0 Å². The molecular weight excluding hydrogens is 532 g/mol. The predicted molar refractivity (Wildman–Crippen MR) is 163 cm³/mol. The third kappa shape index (κ3) is 6.01. The number of carbonyl (C=O) groups excluding carboxylic acids is 1. The molecule has 3 aromatic carbocycles. The number of nitrogens with one attached hydrogen (secondary N) is 1. The fourth-order valence-corrected chi connectivity index (χ4v) is 5.61. The van der Waals surface area contributed by atoms with Crippen LogP contribution in [0.15, 0.2) is 90.0 Å². The van der Waals surface area contributed by atoms with E-state index in [4.69, 9.17) is 14.5 Å². The fraction of sp³-hybridized carbons (Fsp3) is 0.152. The lowest BCUT2D eigenvalue weighted by Crippen LogP contribution is -2.13. The zero-order valence-corrected chi connectivity index (χ0v) is 23.8. The van der Waals surface area contributed by atoms with Gasteiger partial charge in [0.05, 0.1) is 36.7 Å². The number of carbonyl (C=O) groups is 1. The number of nitrogens with zero attached hydrogens (tertiary/aromatic N) is 3. The third-order valence-electron chi connectivity index (χ3n) is 6.55. The maximum Gasteiger partial charge on any atom is 0.225 e. The number of amides is 1. The molecular formula is C33H28N4O3S. The lowest BCUT2D eigenvalue weighted by molar-refractivity contribution is -0.115. The Morgan fingerprint density at radius 3 is 2.46 bits per heavy atom. The van der Waals surface area contributed by atoms with Crippen LogP contribution in [0.2, 0.25) is 0 Å². The monoisotopic (exact) mass is 560 g/mol. The van der Waals surface area contributed by atoms with Gasteiger partial charge in [-0.2, -0.15) is 5.26 Å². The Kier molecular flexibility index (Phi) is 8.47. The Labute approximate surface area is 243 Å². The average Bonchev–Trinajstić information content (AvgIpc) is 3.00. The first-order valence-corrected chi connectivity index (χ1v) is 14.0. The van der Waals surface area contributed by atoms with Gasteiger partial charge in [-0.05, 0) is 31.2 Å². The summed E-state index contributed by atoms with van der Waals surface area (Å²) in [4.78, 5) is 22.4. The Balaban J connectivity index is 1.45. The highest BCUT2D eigenvalue weighted by Gasteiger charge is 2.20. The van der Waals surface area contributed by atoms with Crippen LogP contribution in [-0.2, 0) is 4.79 Å². The molecule has 1 amide bonds. The molecule has 0 unspecified atom stereocenters. The number of ether oxygens (including phenoxy) is 2. The molecule has 0 aliphatic rings. The summed E-state index contributed by atoms with van der Waals surface area (Å²) in [6.45, 7) is 1.90. The highest BCUT2D eigenvalue weighted by Crippen LogP contribution is 2.42. The van der Waals surface area contributed by atoms with Gasteiger partial charge in [0.2, 0.25) is 5.91 Å². The van der Waals surface area contributed by atoms with E-state index in [1.165, 1.54) is 11.8 Å². The van der Waals surface area contributed by atoms with Crippen LogP contribution < -0.4 is 14.8 Å². The van der Waals surface area contributed by atoms with Crippen molar-refractivity contribution in [2.45, 2.75) is 18.4 Å². The second-order valence-corrected chi connectivity index (χ2v) is 10.3. The number of anilines is 1.